The Bertz CT molecular complexity index is 593. The van der Waals surface area contributed by atoms with Gasteiger partial charge < -0.3 is 25.6 Å². The molecule has 8 nitrogen and oxygen atoms in total. The Morgan fingerprint density at radius 1 is 1.19 bits per heavy atom. The number of carbonyl (C=O) groups is 3. The lowest BCUT2D eigenvalue weighted by Crippen LogP contribution is -2.46. The zero-order chi connectivity index (χ0) is 19.5. The van der Waals surface area contributed by atoms with Crippen molar-refractivity contribution in [2.75, 3.05) is 6.54 Å². The minimum atomic E-state index is -1.15. The van der Waals surface area contributed by atoms with Crippen molar-refractivity contribution in [1.82, 2.24) is 10.6 Å². The summed E-state index contributed by atoms with van der Waals surface area (Å²) in [6.07, 6.45) is -1.59. The minimum Gasteiger partial charge on any atom is -0.480 e. The van der Waals surface area contributed by atoms with E-state index in [0.29, 0.717) is 6.42 Å². The van der Waals surface area contributed by atoms with E-state index >= 15 is 0 Å². The molecule has 0 saturated carbocycles. The van der Waals surface area contributed by atoms with E-state index in [2.05, 4.69) is 10.6 Å². The van der Waals surface area contributed by atoms with Gasteiger partial charge in [0.05, 0.1) is 12.5 Å². The van der Waals surface area contributed by atoms with E-state index in [1.165, 1.54) is 0 Å². The largest absolute Gasteiger partial charge is 0.480 e. The smallest absolute Gasteiger partial charge is 0.407 e. The Labute approximate surface area is 152 Å². The lowest BCUT2D eigenvalue weighted by atomic mass is 9.99. The Balaban J connectivity index is 2.31. The molecule has 1 aromatic rings. The van der Waals surface area contributed by atoms with Gasteiger partial charge in [0.2, 0.25) is 5.91 Å². The molecule has 0 spiro atoms. The number of carbonyl (C=O) groups excluding carboxylic acids is 2. The second-order valence-electron chi connectivity index (χ2n) is 6.07. The van der Waals surface area contributed by atoms with Crippen LogP contribution in [-0.4, -0.2) is 46.9 Å². The van der Waals surface area contributed by atoms with Crippen LogP contribution in [0.3, 0.4) is 0 Å². The highest BCUT2D eigenvalue weighted by molar-refractivity contribution is 5.84. The first kappa shape index (κ1) is 21.4. The molecule has 0 aliphatic carbocycles. The molecule has 1 aromatic carbocycles. The van der Waals surface area contributed by atoms with Gasteiger partial charge in [0.25, 0.3) is 0 Å². The van der Waals surface area contributed by atoms with Gasteiger partial charge in [0, 0.05) is 6.54 Å². The van der Waals surface area contributed by atoms with E-state index in [9.17, 15) is 19.5 Å². The van der Waals surface area contributed by atoms with Crippen molar-refractivity contribution >= 4 is 18.0 Å². The number of carboxylic acids is 1. The quantitative estimate of drug-likeness (QED) is 0.494. The highest BCUT2D eigenvalue weighted by atomic mass is 16.5. The van der Waals surface area contributed by atoms with Crippen LogP contribution >= 0.6 is 0 Å². The third-order valence-electron chi connectivity index (χ3n) is 3.91. The zero-order valence-corrected chi connectivity index (χ0v) is 15.0. The van der Waals surface area contributed by atoms with Gasteiger partial charge in [-0.3, -0.25) is 4.79 Å². The molecule has 26 heavy (non-hydrogen) atoms. The van der Waals surface area contributed by atoms with Crippen LogP contribution in [0.4, 0.5) is 4.79 Å². The van der Waals surface area contributed by atoms with Crippen molar-refractivity contribution < 1.29 is 29.3 Å². The number of hydrogen-bond acceptors (Lipinski definition) is 5. The average molecular weight is 366 g/mol. The fourth-order valence-electron chi connectivity index (χ4n) is 2.18. The maximum atomic E-state index is 11.9. The van der Waals surface area contributed by atoms with Crippen LogP contribution in [0.15, 0.2) is 30.3 Å². The van der Waals surface area contributed by atoms with Crippen LogP contribution in [0.5, 0.6) is 0 Å². The summed E-state index contributed by atoms with van der Waals surface area (Å²) in [6.45, 7) is 3.47. The fraction of sp³-hybridized carbons (Fsp3) is 0.500. The normalized spacial score (nSPS) is 14.0. The third-order valence-corrected chi connectivity index (χ3v) is 3.91. The van der Waals surface area contributed by atoms with E-state index in [1.54, 1.807) is 6.92 Å². The van der Waals surface area contributed by atoms with E-state index in [1.807, 2.05) is 37.3 Å². The fourth-order valence-corrected chi connectivity index (χ4v) is 2.18. The first-order valence-corrected chi connectivity index (χ1v) is 8.48. The van der Waals surface area contributed by atoms with Crippen molar-refractivity contribution in [2.24, 2.45) is 5.92 Å². The second kappa shape index (κ2) is 11.1. The van der Waals surface area contributed by atoms with Crippen LogP contribution in [0.1, 0.15) is 32.3 Å². The van der Waals surface area contributed by atoms with Gasteiger partial charge in [-0.05, 0) is 11.5 Å². The molecular formula is C18H26N2O6. The zero-order valence-electron chi connectivity index (χ0n) is 15.0. The first-order chi connectivity index (χ1) is 12.3. The Kier molecular flexibility index (Phi) is 9.14. The summed E-state index contributed by atoms with van der Waals surface area (Å²) in [6, 6.07) is 8.10. The number of aliphatic hydroxyl groups excluding tert-OH is 1. The highest BCUT2D eigenvalue weighted by Gasteiger charge is 2.26. The molecule has 1 rings (SSSR count). The molecule has 4 N–H and O–H groups in total. The van der Waals surface area contributed by atoms with Gasteiger partial charge >= 0.3 is 12.1 Å². The van der Waals surface area contributed by atoms with Gasteiger partial charge in [-0.2, -0.15) is 0 Å². The average Bonchev–Trinajstić information content (AvgIpc) is 2.62. The van der Waals surface area contributed by atoms with Crippen molar-refractivity contribution in [1.29, 1.82) is 0 Å². The number of benzene rings is 1. The van der Waals surface area contributed by atoms with Crippen LogP contribution in [-0.2, 0) is 20.9 Å². The lowest BCUT2D eigenvalue weighted by molar-refractivity contribution is -0.143. The number of alkyl carbamates (subject to hydrolysis) is 1. The number of rotatable bonds is 10. The van der Waals surface area contributed by atoms with E-state index < -0.39 is 30.1 Å². The summed E-state index contributed by atoms with van der Waals surface area (Å²) >= 11 is 0. The maximum absolute atomic E-state index is 11.9. The molecule has 0 fully saturated rings. The molecule has 144 valence electrons. The van der Waals surface area contributed by atoms with Gasteiger partial charge in [-0.15, -0.1) is 0 Å². The van der Waals surface area contributed by atoms with Gasteiger partial charge in [0.1, 0.15) is 12.6 Å². The van der Waals surface area contributed by atoms with E-state index in [-0.39, 0.29) is 25.5 Å². The number of hydrogen-bond donors (Lipinski definition) is 4. The second-order valence-corrected chi connectivity index (χ2v) is 6.07. The van der Waals surface area contributed by atoms with Crippen molar-refractivity contribution in [2.45, 2.75) is 45.4 Å². The Morgan fingerprint density at radius 3 is 2.42 bits per heavy atom. The molecule has 2 amide bonds. The van der Waals surface area contributed by atoms with Crippen LogP contribution in [0, 0.1) is 5.92 Å². The number of ether oxygens (including phenoxy) is 1. The topological polar surface area (TPSA) is 125 Å². The summed E-state index contributed by atoms with van der Waals surface area (Å²) in [4.78, 5) is 34.6. The standard InChI is InChI=1S/C18H26N2O6/c1-3-12(2)16(17(23)24)20-15(22)9-14(21)10-19-18(25)26-11-13-7-5-4-6-8-13/h4-8,12,14,16,21H,3,9-11H2,1-2H3,(H,19,25)(H,20,22)(H,23,24)/t12-,14+,16-/m1/s1. The van der Waals surface area contributed by atoms with Gasteiger partial charge in [-0.25, -0.2) is 9.59 Å². The first-order valence-electron chi connectivity index (χ1n) is 8.48. The summed E-state index contributed by atoms with van der Waals surface area (Å²) in [5.41, 5.74) is 0.826. The van der Waals surface area contributed by atoms with Crippen LogP contribution < -0.4 is 10.6 Å². The highest BCUT2D eigenvalue weighted by Crippen LogP contribution is 2.08. The van der Waals surface area contributed by atoms with Crippen LogP contribution in [0.2, 0.25) is 0 Å². The maximum Gasteiger partial charge on any atom is 0.407 e. The predicted molar refractivity (Wildman–Crippen MR) is 94.3 cm³/mol. The van der Waals surface area contributed by atoms with E-state index in [4.69, 9.17) is 9.84 Å². The molecule has 0 saturated heterocycles. The van der Waals surface area contributed by atoms with Crippen molar-refractivity contribution in [3.05, 3.63) is 35.9 Å². The Morgan fingerprint density at radius 2 is 1.85 bits per heavy atom. The molecule has 8 heteroatoms. The van der Waals surface area contributed by atoms with E-state index in [0.717, 1.165) is 5.56 Å². The molecular weight excluding hydrogens is 340 g/mol. The molecule has 0 bridgehead atoms. The van der Waals surface area contributed by atoms with Crippen molar-refractivity contribution in [3.63, 3.8) is 0 Å². The number of carboxylic acid groups (broad SMARTS) is 1. The van der Waals surface area contributed by atoms with Gasteiger partial charge in [-0.1, -0.05) is 50.6 Å². The number of amides is 2. The Hall–Kier alpha value is -2.61. The molecule has 0 radical (unpaired) electrons. The van der Waals surface area contributed by atoms with Crippen molar-refractivity contribution in [3.8, 4) is 0 Å². The predicted octanol–water partition coefficient (Wildman–Crippen LogP) is 1.28. The lowest BCUT2D eigenvalue weighted by Gasteiger charge is -2.21. The molecule has 0 aliphatic heterocycles. The summed E-state index contributed by atoms with van der Waals surface area (Å²) in [5, 5.41) is 23.7. The summed E-state index contributed by atoms with van der Waals surface area (Å²) in [5.74, 6) is -1.95. The number of aliphatic hydroxyl groups is 1. The monoisotopic (exact) mass is 366 g/mol. The summed E-state index contributed by atoms with van der Waals surface area (Å²) in [7, 11) is 0. The van der Waals surface area contributed by atoms with Crippen LogP contribution in [0.25, 0.3) is 0 Å². The molecule has 0 aromatic heterocycles. The number of nitrogens with one attached hydrogen (secondary N) is 2. The molecule has 0 unspecified atom stereocenters. The third kappa shape index (κ3) is 7.98. The number of aliphatic carboxylic acids is 1. The minimum absolute atomic E-state index is 0.0957. The summed E-state index contributed by atoms with van der Waals surface area (Å²) < 4.78 is 4.99. The molecule has 3 atom stereocenters. The molecule has 0 heterocycles. The molecule has 0 aliphatic rings. The van der Waals surface area contributed by atoms with Gasteiger partial charge in [0.15, 0.2) is 0 Å². The SMILES string of the molecule is CC[C@@H](C)[C@@H](NC(=O)C[C@H](O)CNC(=O)OCc1ccccc1)C(=O)O.